The van der Waals surface area contributed by atoms with Gasteiger partial charge in [0.25, 0.3) is 0 Å². The topological polar surface area (TPSA) is 112 Å². The normalized spacial score (nSPS) is 11.8. The smallest absolute Gasteiger partial charge is 0.225 e. The van der Waals surface area contributed by atoms with Gasteiger partial charge in [-0.15, -0.1) is 0 Å². The van der Waals surface area contributed by atoms with Crippen LogP contribution in [0.4, 0.5) is 23.1 Å². The highest BCUT2D eigenvalue weighted by molar-refractivity contribution is 5.88. The molecule has 0 unspecified atom stereocenters. The van der Waals surface area contributed by atoms with Crippen molar-refractivity contribution in [3.8, 4) is 11.4 Å². The summed E-state index contributed by atoms with van der Waals surface area (Å²) in [5.74, 6) is 1.07. The third kappa shape index (κ3) is 5.74. The van der Waals surface area contributed by atoms with Crippen LogP contribution in [0.1, 0.15) is 20.8 Å². The minimum Gasteiger partial charge on any atom is -0.394 e. The van der Waals surface area contributed by atoms with E-state index in [0.717, 1.165) is 17.1 Å². The number of aromatic nitrogens is 3. The highest BCUT2D eigenvalue weighted by Gasteiger charge is 2.15. The van der Waals surface area contributed by atoms with Gasteiger partial charge >= 0.3 is 0 Å². The van der Waals surface area contributed by atoms with Gasteiger partial charge < -0.3 is 21.1 Å². The second-order valence-electron chi connectivity index (χ2n) is 7.24. The van der Waals surface area contributed by atoms with E-state index < -0.39 is 0 Å². The number of carbonyl (C=O) groups is 1. The molecule has 1 atom stereocenters. The summed E-state index contributed by atoms with van der Waals surface area (Å²) >= 11 is 0. The van der Waals surface area contributed by atoms with Gasteiger partial charge in [0.05, 0.1) is 24.0 Å². The van der Waals surface area contributed by atoms with Crippen molar-refractivity contribution in [2.45, 2.75) is 26.8 Å². The standard InChI is InChI=1S/C22H26N6O2/c1-14(2)20(13-29)27-22-26-19(18-6-4-5-11-23-18)12-21(28-22)25-17-9-7-16(8-10-17)24-15(3)30/h4-12,14,20,29H,13H2,1-3H3,(H,24,30)(H2,25,26,27,28)/t20-/m0/s1. The lowest BCUT2D eigenvalue weighted by Crippen LogP contribution is -2.30. The zero-order valence-corrected chi connectivity index (χ0v) is 17.3. The van der Waals surface area contributed by atoms with E-state index in [4.69, 9.17) is 0 Å². The molecule has 0 saturated heterocycles. The highest BCUT2D eigenvalue weighted by Crippen LogP contribution is 2.24. The van der Waals surface area contributed by atoms with Crippen LogP contribution in [-0.2, 0) is 4.79 Å². The fraction of sp³-hybridized carbons (Fsp3) is 0.273. The van der Waals surface area contributed by atoms with E-state index in [2.05, 4.69) is 30.9 Å². The molecule has 1 aromatic carbocycles. The second-order valence-corrected chi connectivity index (χ2v) is 7.24. The average Bonchev–Trinajstić information content (AvgIpc) is 2.73. The molecule has 4 N–H and O–H groups in total. The molecule has 3 aromatic rings. The fourth-order valence-corrected chi connectivity index (χ4v) is 2.80. The molecule has 3 rings (SSSR count). The van der Waals surface area contributed by atoms with Crippen molar-refractivity contribution in [3.63, 3.8) is 0 Å². The van der Waals surface area contributed by atoms with Gasteiger partial charge in [-0.05, 0) is 42.3 Å². The first-order chi connectivity index (χ1) is 14.4. The van der Waals surface area contributed by atoms with E-state index in [9.17, 15) is 9.90 Å². The third-order valence-electron chi connectivity index (χ3n) is 4.45. The molecule has 2 heterocycles. The molecule has 2 aromatic heterocycles. The molecule has 1 amide bonds. The summed E-state index contributed by atoms with van der Waals surface area (Å²) in [5, 5.41) is 18.9. The number of pyridine rings is 1. The molecule has 0 fully saturated rings. The minimum absolute atomic E-state index is 0.0256. The number of carbonyl (C=O) groups excluding carboxylic acids is 1. The molecule has 0 spiro atoms. The Kier molecular flexibility index (Phi) is 6.92. The zero-order chi connectivity index (χ0) is 21.5. The molecular formula is C22H26N6O2. The Balaban J connectivity index is 1.90. The zero-order valence-electron chi connectivity index (χ0n) is 17.3. The molecule has 0 bridgehead atoms. The summed E-state index contributed by atoms with van der Waals surface area (Å²) in [4.78, 5) is 24.7. The maximum atomic E-state index is 11.2. The predicted molar refractivity (Wildman–Crippen MR) is 119 cm³/mol. The Morgan fingerprint density at radius 3 is 2.37 bits per heavy atom. The van der Waals surface area contributed by atoms with Gasteiger partial charge in [-0.1, -0.05) is 19.9 Å². The van der Waals surface area contributed by atoms with Crippen LogP contribution < -0.4 is 16.0 Å². The first-order valence-corrected chi connectivity index (χ1v) is 9.77. The van der Waals surface area contributed by atoms with Crippen molar-refractivity contribution in [3.05, 3.63) is 54.7 Å². The van der Waals surface area contributed by atoms with Crippen LogP contribution in [0.25, 0.3) is 11.4 Å². The predicted octanol–water partition coefficient (Wildman–Crippen LogP) is 3.67. The van der Waals surface area contributed by atoms with Crippen LogP contribution in [0.15, 0.2) is 54.7 Å². The maximum Gasteiger partial charge on any atom is 0.225 e. The number of aliphatic hydroxyl groups is 1. The van der Waals surface area contributed by atoms with Crippen LogP contribution in [-0.4, -0.2) is 38.6 Å². The average molecular weight is 406 g/mol. The molecule has 0 aliphatic carbocycles. The maximum absolute atomic E-state index is 11.2. The molecule has 0 radical (unpaired) electrons. The Bertz CT molecular complexity index is 977. The van der Waals surface area contributed by atoms with E-state index in [1.54, 1.807) is 6.20 Å². The summed E-state index contributed by atoms with van der Waals surface area (Å²) in [7, 11) is 0. The van der Waals surface area contributed by atoms with Gasteiger partial charge in [-0.25, -0.2) is 4.98 Å². The van der Waals surface area contributed by atoms with E-state index >= 15 is 0 Å². The lowest BCUT2D eigenvalue weighted by molar-refractivity contribution is -0.114. The summed E-state index contributed by atoms with van der Waals surface area (Å²) < 4.78 is 0. The van der Waals surface area contributed by atoms with Crippen molar-refractivity contribution in [2.75, 3.05) is 22.6 Å². The molecule has 156 valence electrons. The number of hydrogen-bond donors (Lipinski definition) is 4. The molecule has 30 heavy (non-hydrogen) atoms. The van der Waals surface area contributed by atoms with Crippen molar-refractivity contribution in [1.29, 1.82) is 0 Å². The summed E-state index contributed by atoms with van der Waals surface area (Å²) in [5.41, 5.74) is 2.90. The van der Waals surface area contributed by atoms with E-state index in [0.29, 0.717) is 17.5 Å². The number of amides is 1. The summed E-state index contributed by atoms with van der Waals surface area (Å²) in [6.07, 6.45) is 1.71. The fourth-order valence-electron chi connectivity index (χ4n) is 2.80. The number of hydrogen-bond acceptors (Lipinski definition) is 7. The molecule has 8 heteroatoms. The van der Waals surface area contributed by atoms with Gasteiger partial charge in [0.1, 0.15) is 5.82 Å². The van der Waals surface area contributed by atoms with Crippen LogP contribution in [0.5, 0.6) is 0 Å². The Labute approximate surface area is 175 Å². The van der Waals surface area contributed by atoms with E-state index in [1.807, 2.05) is 62.4 Å². The van der Waals surface area contributed by atoms with Crippen LogP contribution in [0.3, 0.4) is 0 Å². The van der Waals surface area contributed by atoms with Crippen LogP contribution >= 0.6 is 0 Å². The summed E-state index contributed by atoms with van der Waals surface area (Å²) in [6, 6.07) is 14.6. The Morgan fingerprint density at radius 1 is 1.03 bits per heavy atom. The number of benzene rings is 1. The van der Waals surface area contributed by atoms with Crippen molar-refractivity contribution in [2.24, 2.45) is 5.92 Å². The number of nitrogens with one attached hydrogen (secondary N) is 3. The number of anilines is 4. The van der Waals surface area contributed by atoms with Gasteiger partial charge in [-0.3, -0.25) is 9.78 Å². The Morgan fingerprint density at radius 2 is 1.77 bits per heavy atom. The van der Waals surface area contributed by atoms with E-state index in [1.165, 1.54) is 6.92 Å². The highest BCUT2D eigenvalue weighted by atomic mass is 16.3. The van der Waals surface area contributed by atoms with Crippen LogP contribution in [0, 0.1) is 5.92 Å². The minimum atomic E-state index is -0.172. The van der Waals surface area contributed by atoms with Gasteiger partial charge in [0.15, 0.2) is 0 Å². The summed E-state index contributed by atoms with van der Waals surface area (Å²) in [6.45, 7) is 5.48. The van der Waals surface area contributed by atoms with E-state index in [-0.39, 0.29) is 24.5 Å². The third-order valence-corrected chi connectivity index (χ3v) is 4.45. The largest absolute Gasteiger partial charge is 0.394 e. The lowest BCUT2D eigenvalue weighted by atomic mass is 10.1. The SMILES string of the molecule is CC(=O)Nc1ccc(Nc2cc(-c3ccccn3)nc(N[C@@H](CO)C(C)C)n2)cc1. The Hall–Kier alpha value is -3.52. The first kappa shape index (κ1) is 21.2. The van der Waals surface area contributed by atoms with Crippen LogP contribution in [0.2, 0.25) is 0 Å². The van der Waals surface area contributed by atoms with Crippen molar-refractivity contribution < 1.29 is 9.90 Å². The number of rotatable bonds is 8. The van der Waals surface area contributed by atoms with Gasteiger partial charge in [-0.2, -0.15) is 4.98 Å². The molecule has 0 saturated carbocycles. The van der Waals surface area contributed by atoms with Crippen molar-refractivity contribution >= 4 is 29.0 Å². The number of nitrogens with zero attached hydrogens (tertiary/aromatic N) is 3. The van der Waals surface area contributed by atoms with Gasteiger partial charge in [0.2, 0.25) is 11.9 Å². The number of aliphatic hydroxyl groups excluding tert-OH is 1. The quantitative estimate of drug-likeness (QED) is 0.451. The molecule has 8 nitrogen and oxygen atoms in total. The molecular weight excluding hydrogens is 380 g/mol. The monoisotopic (exact) mass is 406 g/mol. The molecule has 0 aliphatic heterocycles. The van der Waals surface area contributed by atoms with Crippen molar-refractivity contribution in [1.82, 2.24) is 15.0 Å². The lowest BCUT2D eigenvalue weighted by Gasteiger charge is -2.20. The molecule has 0 aliphatic rings. The second kappa shape index (κ2) is 9.80. The van der Waals surface area contributed by atoms with Gasteiger partial charge in [0, 0.05) is 30.6 Å². The first-order valence-electron chi connectivity index (χ1n) is 9.77.